The topological polar surface area (TPSA) is 25.8 Å². The summed E-state index contributed by atoms with van der Waals surface area (Å²) in [5, 5.41) is 1.65. The van der Waals surface area contributed by atoms with Crippen molar-refractivity contribution in [3.05, 3.63) is 22.4 Å². The van der Waals surface area contributed by atoms with Crippen molar-refractivity contribution in [3.8, 4) is 0 Å². The zero-order valence-electron chi connectivity index (χ0n) is 5.84. The van der Waals surface area contributed by atoms with Crippen molar-refractivity contribution in [2.45, 2.75) is 6.92 Å². The van der Waals surface area contributed by atoms with Gasteiger partial charge in [0.05, 0.1) is 14.7 Å². The first kappa shape index (κ1) is 7.00. The van der Waals surface area contributed by atoms with Gasteiger partial charge in [0.25, 0.3) is 0 Å². The molecule has 0 unspecified atom stereocenters. The molecule has 2 heterocycles. The number of aromatic nitrogens is 2. The third-order valence-electron chi connectivity index (χ3n) is 1.37. The monoisotopic (exact) mass is 184 g/mol. The molecule has 4 heteroatoms. The second-order valence-corrected chi connectivity index (χ2v) is 3.84. The fourth-order valence-electron chi connectivity index (χ4n) is 0.933. The Morgan fingerprint density at radius 3 is 3.00 bits per heavy atom. The van der Waals surface area contributed by atoms with Crippen LogP contribution in [0.2, 0.25) is 5.02 Å². The van der Waals surface area contributed by atoms with Crippen molar-refractivity contribution in [3.63, 3.8) is 0 Å². The minimum absolute atomic E-state index is 0.631. The van der Waals surface area contributed by atoms with E-state index in [9.17, 15) is 0 Å². The lowest BCUT2D eigenvalue weighted by Crippen LogP contribution is -1.73. The Kier molecular flexibility index (Phi) is 1.55. The number of nitrogens with zero attached hydrogens (tertiary/aromatic N) is 2. The van der Waals surface area contributed by atoms with Gasteiger partial charge in [0.15, 0.2) is 0 Å². The van der Waals surface area contributed by atoms with Gasteiger partial charge in [-0.05, 0) is 6.92 Å². The van der Waals surface area contributed by atoms with Gasteiger partial charge in [-0.3, -0.25) is 4.98 Å². The maximum atomic E-state index is 5.85. The molecule has 11 heavy (non-hydrogen) atoms. The summed E-state index contributed by atoms with van der Waals surface area (Å²) in [6.45, 7) is 1.96. The van der Waals surface area contributed by atoms with Crippen LogP contribution in [0.5, 0.6) is 0 Å². The predicted octanol–water partition coefficient (Wildman–Crippen LogP) is 2.65. The minimum atomic E-state index is 0.631. The first-order valence-electron chi connectivity index (χ1n) is 3.14. The molecule has 56 valence electrons. The third kappa shape index (κ3) is 1.10. The van der Waals surface area contributed by atoms with Gasteiger partial charge >= 0.3 is 0 Å². The average Bonchev–Trinajstić information content (AvgIpc) is 2.31. The van der Waals surface area contributed by atoms with Gasteiger partial charge in [-0.1, -0.05) is 11.6 Å². The molecule has 2 nitrogen and oxygen atoms in total. The van der Waals surface area contributed by atoms with E-state index in [-0.39, 0.29) is 0 Å². The molecule has 0 radical (unpaired) electrons. The highest BCUT2D eigenvalue weighted by Gasteiger charge is 2.03. The number of pyridine rings is 1. The number of thiazole rings is 1. The Bertz CT molecular complexity index is 396. The minimum Gasteiger partial charge on any atom is -0.262 e. The molecule has 0 atom stereocenters. The Labute approximate surface area is 72.9 Å². The molecule has 2 rings (SSSR count). The number of hydrogen-bond acceptors (Lipinski definition) is 3. The Morgan fingerprint density at radius 1 is 1.45 bits per heavy atom. The van der Waals surface area contributed by atoms with Gasteiger partial charge < -0.3 is 0 Å². The van der Waals surface area contributed by atoms with E-state index in [2.05, 4.69) is 9.97 Å². The van der Waals surface area contributed by atoms with Crippen LogP contribution in [0.4, 0.5) is 0 Å². The Morgan fingerprint density at radius 2 is 2.27 bits per heavy atom. The van der Waals surface area contributed by atoms with Gasteiger partial charge in [-0.15, -0.1) is 11.3 Å². The maximum absolute atomic E-state index is 5.85. The predicted molar refractivity (Wildman–Crippen MR) is 47.2 cm³/mol. The molecule has 2 aromatic rings. The van der Waals surface area contributed by atoms with Crippen LogP contribution in [0.1, 0.15) is 5.01 Å². The Balaban J connectivity index is 2.90. The van der Waals surface area contributed by atoms with Crippen LogP contribution in [-0.4, -0.2) is 9.97 Å². The number of fused-ring (bicyclic) bond motifs is 1. The first-order valence-corrected chi connectivity index (χ1v) is 4.33. The van der Waals surface area contributed by atoms with Crippen molar-refractivity contribution in [1.29, 1.82) is 0 Å². The fraction of sp³-hybridized carbons (Fsp3) is 0.143. The zero-order valence-corrected chi connectivity index (χ0v) is 7.41. The normalized spacial score (nSPS) is 10.7. The van der Waals surface area contributed by atoms with Crippen LogP contribution in [0.15, 0.2) is 12.4 Å². The van der Waals surface area contributed by atoms with Crippen molar-refractivity contribution >= 4 is 33.2 Å². The van der Waals surface area contributed by atoms with Crippen LogP contribution in [-0.2, 0) is 0 Å². The van der Waals surface area contributed by atoms with E-state index in [4.69, 9.17) is 11.6 Å². The molecule has 0 bridgehead atoms. The molecule has 0 spiro atoms. The standard InChI is InChI=1S/C7H5ClN2S/c1-4-10-7-5(8)2-9-3-6(7)11-4/h2-3H,1H3. The van der Waals surface area contributed by atoms with Crippen molar-refractivity contribution < 1.29 is 0 Å². The third-order valence-corrected chi connectivity index (χ3v) is 2.55. The molecule has 0 saturated heterocycles. The number of rotatable bonds is 0. The lowest BCUT2D eigenvalue weighted by atomic mass is 10.4. The fourth-order valence-corrected chi connectivity index (χ4v) is 2.01. The van der Waals surface area contributed by atoms with Gasteiger partial charge in [0.1, 0.15) is 5.52 Å². The molecule has 0 saturated carbocycles. The van der Waals surface area contributed by atoms with E-state index in [0.29, 0.717) is 5.02 Å². The molecule has 0 aliphatic rings. The summed E-state index contributed by atoms with van der Waals surface area (Å²) in [6, 6.07) is 0. The Hall–Kier alpha value is -0.670. The van der Waals surface area contributed by atoms with Gasteiger partial charge in [-0.25, -0.2) is 4.98 Å². The van der Waals surface area contributed by atoms with Crippen molar-refractivity contribution in [1.82, 2.24) is 9.97 Å². The maximum Gasteiger partial charge on any atom is 0.103 e. The summed E-state index contributed by atoms with van der Waals surface area (Å²) in [5.41, 5.74) is 0.865. The summed E-state index contributed by atoms with van der Waals surface area (Å²) < 4.78 is 1.05. The van der Waals surface area contributed by atoms with E-state index < -0.39 is 0 Å². The second-order valence-electron chi connectivity index (χ2n) is 2.20. The smallest absolute Gasteiger partial charge is 0.103 e. The molecule has 0 fully saturated rings. The van der Waals surface area contributed by atoms with E-state index in [1.807, 2.05) is 6.92 Å². The quantitative estimate of drug-likeness (QED) is 0.629. The van der Waals surface area contributed by atoms with E-state index in [1.165, 1.54) is 0 Å². The van der Waals surface area contributed by atoms with Crippen LogP contribution in [0.25, 0.3) is 10.2 Å². The summed E-state index contributed by atoms with van der Waals surface area (Å²) in [6.07, 6.45) is 3.40. The van der Waals surface area contributed by atoms with Crippen LogP contribution in [0.3, 0.4) is 0 Å². The summed E-state index contributed by atoms with van der Waals surface area (Å²) in [5.74, 6) is 0. The molecule has 2 aromatic heterocycles. The molecular weight excluding hydrogens is 180 g/mol. The number of halogens is 1. The lowest BCUT2D eigenvalue weighted by Gasteiger charge is -1.87. The highest BCUT2D eigenvalue weighted by Crippen LogP contribution is 2.25. The summed E-state index contributed by atoms with van der Waals surface area (Å²) in [4.78, 5) is 8.22. The molecule has 0 amide bonds. The zero-order chi connectivity index (χ0) is 7.84. The molecular formula is C7H5ClN2S. The van der Waals surface area contributed by atoms with Gasteiger partial charge in [0, 0.05) is 12.4 Å². The summed E-state index contributed by atoms with van der Waals surface area (Å²) in [7, 11) is 0. The number of aryl methyl sites for hydroxylation is 1. The lowest BCUT2D eigenvalue weighted by molar-refractivity contribution is 1.32. The van der Waals surface area contributed by atoms with Crippen molar-refractivity contribution in [2.24, 2.45) is 0 Å². The molecule has 0 aliphatic heterocycles. The van der Waals surface area contributed by atoms with Gasteiger partial charge in [-0.2, -0.15) is 0 Å². The SMILES string of the molecule is Cc1nc2c(Cl)cncc2s1. The van der Waals surface area contributed by atoms with Gasteiger partial charge in [0.2, 0.25) is 0 Å². The van der Waals surface area contributed by atoms with Crippen LogP contribution >= 0.6 is 22.9 Å². The summed E-state index contributed by atoms with van der Waals surface area (Å²) >= 11 is 7.46. The average molecular weight is 185 g/mol. The van der Waals surface area contributed by atoms with E-state index in [1.54, 1.807) is 23.7 Å². The highest BCUT2D eigenvalue weighted by atomic mass is 35.5. The molecule has 0 aromatic carbocycles. The van der Waals surface area contributed by atoms with Crippen molar-refractivity contribution in [2.75, 3.05) is 0 Å². The van der Waals surface area contributed by atoms with E-state index >= 15 is 0 Å². The second kappa shape index (κ2) is 2.43. The number of hydrogen-bond donors (Lipinski definition) is 0. The van der Waals surface area contributed by atoms with Crippen LogP contribution in [0, 0.1) is 6.92 Å². The first-order chi connectivity index (χ1) is 5.27. The largest absolute Gasteiger partial charge is 0.262 e. The van der Waals surface area contributed by atoms with E-state index in [0.717, 1.165) is 15.2 Å². The molecule has 0 N–H and O–H groups in total. The van der Waals surface area contributed by atoms with Crippen LogP contribution < -0.4 is 0 Å². The molecule has 0 aliphatic carbocycles. The highest BCUT2D eigenvalue weighted by molar-refractivity contribution is 7.18.